The lowest BCUT2D eigenvalue weighted by molar-refractivity contribution is 0.196. The molecule has 2 heteroatoms. The minimum absolute atomic E-state index is 0.0648. The van der Waals surface area contributed by atoms with Crippen LogP contribution >= 0.6 is 11.6 Å². The summed E-state index contributed by atoms with van der Waals surface area (Å²) in [4.78, 5) is 0. The number of allylic oxidation sites excluding steroid dienone is 1. The monoisotopic (exact) mass is 134 g/mol. The van der Waals surface area contributed by atoms with Crippen LogP contribution in [0.25, 0.3) is 0 Å². The minimum Gasteiger partial charge on any atom is -0.385 e. The van der Waals surface area contributed by atoms with Crippen molar-refractivity contribution in [3.63, 3.8) is 0 Å². The molecule has 8 heavy (non-hydrogen) atoms. The zero-order valence-electron chi connectivity index (χ0n) is 5.06. The van der Waals surface area contributed by atoms with E-state index in [9.17, 15) is 0 Å². The summed E-state index contributed by atoms with van der Waals surface area (Å²) in [6.45, 7) is 4.23. The number of hydrogen-bond acceptors (Lipinski definition) is 1. The Labute approximate surface area is 55.3 Å². The maximum absolute atomic E-state index is 5.65. The molecule has 0 aromatic carbocycles. The predicted octanol–water partition coefficient (Wildman–Crippen LogP) is 1.82. The molecule has 0 aromatic rings. The van der Waals surface area contributed by atoms with Gasteiger partial charge >= 0.3 is 0 Å². The van der Waals surface area contributed by atoms with Crippen molar-refractivity contribution in [3.8, 4) is 0 Å². The number of methoxy groups -OCH3 is 1. The number of alkyl halides is 1. The fraction of sp³-hybridized carbons (Fsp3) is 0.667. The standard InChI is InChI=1S/C6H11ClO/c1-3-6(7)4-5-8-2/h3,6H,1,4-5H2,2H3. The molecule has 0 rings (SSSR count). The normalized spacial score (nSPS) is 13.2. The van der Waals surface area contributed by atoms with Gasteiger partial charge in [-0.25, -0.2) is 0 Å². The van der Waals surface area contributed by atoms with Crippen molar-refractivity contribution in [2.75, 3.05) is 13.7 Å². The van der Waals surface area contributed by atoms with Crippen molar-refractivity contribution in [1.29, 1.82) is 0 Å². The van der Waals surface area contributed by atoms with Crippen molar-refractivity contribution in [1.82, 2.24) is 0 Å². The molecule has 1 nitrogen and oxygen atoms in total. The lowest BCUT2D eigenvalue weighted by atomic mass is 10.3. The van der Waals surface area contributed by atoms with E-state index in [0.29, 0.717) is 6.61 Å². The van der Waals surface area contributed by atoms with E-state index in [1.165, 1.54) is 0 Å². The quantitative estimate of drug-likeness (QED) is 0.421. The van der Waals surface area contributed by atoms with Gasteiger partial charge in [-0.15, -0.1) is 18.2 Å². The molecule has 0 aromatic heterocycles. The summed E-state index contributed by atoms with van der Waals surface area (Å²) >= 11 is 5.65. The van der Waals surface area contributed by atoms with E-state index >= 15 is 0 Å². The molecule has 0 amide bonds. The molecule has 0 aliphatic carbocycles. The number of rotatable bonds is 4. The third kappa shape index (κ3) is 4.16. The molecule has 48 valence electrons. The number of ether oxygens (including phenoxy) is 1. The van der Waals surface area contributed by atoms with Crippen LogP contribution in [-0.2, 0) is 4.74 Å². The van der Waals surface area contributed by atoms with Crippen molar-refractivity contribution in [2.45, 2.75) is 11.8 Å². The molecule has 0 aliphatic rings. The van der Waals surface area contributed by atoms with Crippen LogP contribution in [0.4, 0.5) is 0 Å². The second kappa shape index (κ2) is 5.13. The lowest BCUT2D eigenvalue weighted by Crippen LogP contribution is -1.98. The minimum atomic E-state index is 0.0648. The largest absolute Gasteiger partial charge is 0.385 e. The highest BCUT2D eigenvalue weighted by Crippen LogP contribution is 2.01. The molecular formula is C6H11ClO. The molecule has 0 spiro atoms. The smallest absolute Gasteiger partial charge is 0.0535 e. The highest BCUT2D eigenvalue weighted by atomic mass is 35.5. The van der Waals surface area contributed by atoms with Crippen LogP contribution in [0, 0.1) is 0 Å². The van der Waals surface area contributed by atoms with Crippen molar-refractivity contribution in [3.05, 3.63) is 12.7 Å². The first kappa shape index (κ1) is 7.99. The molecule has 0 heterocycles. The predicted molar refractivity (Wildman–Crippen MR) is 36.3 cm³/mol. The fourth-order valence-corrected chi connectivity index (χ4v) is 0.437. The Morgan fingerprint density at radius 2 is 2.50 bits per heavy atom. The van der Waals surface area contributed by atoms with Crippen LogP contribution in [0.15, 0.2) is 12.7 Å². The van der Waals surface area contributed by atoms with Crippen LogP contribution in [0.5, 0.6) is 0 Å². The molecule has 0 saturated heterocycles. The highest BCUT2D eigenvalue weighted by Gasteiger charge is 1.94. The lowest BCUT2D eigenvalue weighted by Gasteiger charge is -1.99. The average molecular weight is 135 g/mol. The topological polar surface area (TPSA) is 9.23 Å². The molecule has 0 aliphatic heterocycles. The van der Waals surface area contributed by atoms with Crippen molar-refractivity contribution in [2.24, 2.45) is 0 Å². The maximum Gasteiger partial charge on any atom is 0.0535 e. The summed E-state index contributed by atoms with van der Waals surface area (Å²) in [6, 6.07) is 0. The zero-order valence-corrected chi connectivity index (χ0v) is 5.82. The van der Waals surface area contributed by atoms with Crippen LogP contribution in [0.2, 0.25) is 0 Å². The molecule has 0 radical (unpaired) electrons. The molecule has 1 unspecified atom stereocenters. The van der Waals surface area contributed by atoms with Crippen molar-refractivity contribution < 1.29 is 4.74 Å². The summed E-state index contributed by atoms with van der Waals surface area (Å²) in [5, 5.41) is 0.0648. The van der Waals surface area contributed by atoms with Gasteiger partial charge in [0.1, 0.15) is 0 Å². The summed E-state index contributed by atoms with van der Waals surface area (Å²) in [7, 11) is 1.66. The van der Waals surface area contributed by atoms with Gasteiger partial charge in [0.2, 0.25) is 0 Å². The van der Waals surface area contributed by atoms with Gasteiger partial charge in [-0.2, -0.15) is 0 Å². The van der Waals surface area contributed by atoms with E-state index < -0.39 is 0 Å². The van der Waals surface area contributed by atoms with Gasteiger partial charge in [-0.3, -0.25) is 0 Å². The fourth-order valence-electron chi connectivity index (χ4n) is 0.348. The first-order valence-electron chi connectivity index (χ1n) is 2.56. The Hall–Kier alpha value is -0.0100. The van der Waals surface area contributed by atoms with Gasteiger partial charge in [-0.05, 0) is 6.42 Å². The van der Waals surface area contributed by atoms with E-state index in [-0.39, 0.29) is 5.38 Å². The third-order valence-corrected chi connectivity index (χ3v) is 1.25. The maximum atomic E-state index is 5.65. The Balaban J connectivity index is 2.98. The van der Waals surface area contributed by atoms with Crippen molar-refractivity contribution >= 4 is 11.6 Å². The number of hydrogen-bond donors (Lipinski definition) is 0. The summed E-state index contributed by atoms with van der Waals surface area (Å²) in [5.74, 6) is 0. The number of halogens is 1. The molecule has 0 fully saturated rings. The Morgan fingerprint density at radius 3 is 2.88 bits per heavy atom. The Kier molecular flexibility index (Phi) is 5.13. The Bertz CT molecular complexity index is 63.5. The molecule has 0 bridgehead atoms. The van der Waals surface area contributed by atoms with Gasteiger partial charge in [0.25, 0.3) is 0 Å². The van der Waals surface area contributed by atoms with Crippen LogP contribution < -0.4 is 0 Å². The molecule has 0 saturated carbocycles. The first-order chi connectivity index (χ1) is 3.81. The van der Waals surface area contributed by atoms with E-state index in [1.54, 1.807) is 13.2 Å². The second-order valence-electron chi connectivity index (χ2n) is 1.53. The van der Waals surface area contributed by atoms with Gasteiger partial charge in [-0.1, -0.05) is 6.08 Å². The third-order valence-electron chi connectivity index (χ3n) is 0.854. The van der Waals surface area contributed by atoms with Gasteiger partial charge in [0.05, 0.1) is 5.38 Å². The first-order valence-corrected chi connectivity index (χ1v) is 3.00. The van der Waals surface area contributed by atoms with E-state index in [0.717, 1.165) is 6.42 Å². The van der Waals surface area contributed by atoms with Crippen LogP contribution in [-0.4, -0.2) is 19.1 Å². The SMILES string of the molecule is C=CC(Cl)CCOC. The van der Waals surface area contributed by atoms with Crippen LogP contribution in [0.3, 0.4) is 0 Å². The summed E-state index contributed by atoms with van der Waals surface area (Å²) in [6.07, 6.45) is 2.56. The van der Waals surface area contributed by atoms with E-state index in [4.69, 9.17) is 16.3 Å². The Morgan fingerprint density at radius 1 is 1.88 bits per heavy atom. The van der Waals surface area contributed by atoms with E-state index in [1.807, 2.05) is 0 Å². The summed E-state index contributed by atoms with van der Waals surface area (Å²) < 4.78 is 4.78. The van der Waals surface area contributed by atoms with Gasteiger partial charge in [0.15, 0.2) is 0 Å². The zero-order chi connectivity index (χ0) is 6.41. The molecular weight excluding hydrogens is 124 g/mol. The van der Waals surface area contributed by atoms with Gasteiger partial charge < -0.3 is 4.74 Å². The summed E-state index contributed by atoms with van der Waals surface area (Å²) in [5.41, 5.74) is 0. The highest BCUT2D eigenvalue weighted by molar-refractivity contribution is 6.21. The average Bonchev–Trinajstić information content (AvgIpc) is 1.83. The second-order valence-corrected chi connectivity index (χ2v) is 2.09. The molecule has 0 N–H and O–H groups in total. The van der Waals surface area contributed by atoms with Crippen LogP contribution in [0.1, 0.15) is 6.42 Å². The van der Waals surface area contributed by atoms with Gasteiger partial charge in [0, 0.05) is 13.7 Å². The van der Waals surface area contributed by atoms with E-state index in [2.05, 4.69) is 6.58 Å². The molecule has 1 atom stereocenters.